The van der Waals surface area contributed by atoms with Crippen LogP contribution in [0.3, 0.4) is 0 Å². The molecule has 0 saturated carbocycles. The lowest BCUT2D eigenvalue weighted by Gasteiger charge is -2.37. The van der Waals surface area contributed by atoms with Crippen LogP contribution in [0.4, 0.5) is 0 Å². The van der Waals surface area contributed by atoms with Gasteiger partial charge in [0.2, 0.25) is 0 Å². The summed E-state index contributed by atoms with van der Waals surface area (Å²) in [6.07, 6.45) is 14.2. The molecule has 2 heterocycles. The Balaban J connectivity index is 1.64. The van der Waals surface area contributed by atoms with Crippen LogP contribution in [0.2, 0.25) is 0 Å². The van der Waals surface area contributed by atoms with Gasteiger partial charge in [0.05, 0.1) is 0 Å². The number of piperidine rings is 2. The molecular weight excluding hydrogens is 282 g/mol. The quantitative estimate of drug-likeness (QED) is 0.634. The van der Waals surface area contributed by atoms with E-state index in [0.29, 0.717) is 0 Å². The Labute approximate surface area is 144 Å². The first kappa shape index (κ1) is 19.0. The number of hydrogen-bond donors (Lipinski definition) is 0. The Bertz CT molecular complexity index is 326. The fraction of sp³-hybridized carbons (Fsp3) is 0.900. The number of likely N-dealkylation sites (tertiary alicyclic amines) is 2. The predicted molar refractivity (Wildman–Crippen MR) is 101 cm³/mol. The van der Waals surface area contributed by atoms with Gasteiger partial charge in [-0.25, -0.2) is 0 Å². The topological polar surface area (TPSA) is 9.72 Å². The molecule has 0 aromatic carbocycles. The van der Waals surface area contributed by atoms with Gasteiger partial charge in [-0.15, -0.1) is 0 Å². The van der Waals surface area contributed by atoms with E-state index in [1.54, 1.807) is 0 Å². The molecule has 0 amide bonds. The normalized spacial score (nSPS) is 23.3. The van der Waals surface area contributed by atoms with Crippen molar-refractivity contribution in [1.82, 2.24) is 14.7 Å². The van der Waals surface area contributed by atoms with Crippen molar-refractivity contribution in [2.45, 2.75) is 57.9 Å². The first-order valence-corrected chi connectivity index (χ1v) is 9.95. The van der Waals surface area contributed by atoms with Crippen molar-refractivity contribution in [1.29, 1.82) is 0 Å². The minimum absolute atomic E-state index is 0.827. The van der Waals surface area contributed by atoms with E-state index >= 15 is 0 Å². The summed E-state index contributed by atoms with van der Waals surface area (Å²) in [5.41, 5.74) is 0. The Kier molecular flexibility index (Phi) is 8.63. The van der Waals surface area contributed by atoms with Crippen molar-refractivity contribution < 1.29 is 0 Å². The van der Waals surface area contributed by atoms with E-state index in [2.05, 4.69) is 47.9 Å². The lowest BCUT2D eigenvalue weighted by molar-refractivity contribution is 0.122. The fourth-order valence-corrected chi connectivity index (χ4v) is 4.07. The van der Waals surface area contributed by atoms with Gasteiger partial charge in [-0.1, -0.05) is 19.1 Å². The maximum atomic E-state index is 2.76. The molecular formula is C20H39N3. The molecule has 2 fully saturated rings. The Morgan fingerprint density at radius 1 is 0.870 bits per heavy atom. The molecule has 2 aliphatic heterocycles. The molecule has 0 spiro atoms. The van der Waals surface area contributed by atoms with E-state index in [-0.39, 0.29) is 0 Å². The Morgan fingerprint density at radius 3 is 2.09 bits per heavy atom. The standard InChI is InChI=1S/C20H39N3/c1-4-13-23(20-11-17-22(3)18-12-20)14-7-5-6-8-19-9-15-21(2)16-10-19/h5-6,19-20H,4,7-18H2,1-3H3/b6-5+. The highest BCUT2D eigenvalue weighted by Crippen LogP contribution is 2.20. The Morgan fingerprint density at radius 2 is 1.48 bits per heavy atom. The van der Waals surface area contributed by atoms with Gasteiger partial charge in [0, 0.05) is 12.6 Å². The van der Waals surface area contributed by atoms with E-state index < -0.39 is 0 Å². The van der Waals surface area contributed by atoms with Crippen LogP contribution in [-0.2, 0) is 0 Å². The average molecular weight is 322 g/mol. The van der Waals surface area contributed by atoms with Gasteiger partial charge in [0.1, 0.15) is 0 Å². The van der Waals surface area contributed by atoms with E-state index in [1.807, 2.05) is 0 Å². The molecule has 0 bridgehead atoms. The number of nitrogens with zero attached hydrogens (tertiary/aromatic N) is 3. The molecule has 0 aliphatic carbocycles. The van der Waals surface area contributed by atoms with E-state index in [9.17, 15) is 0 Å². The van der Waals surface area contributed by atoms with Crippen LogP contribution < -0.4 is 0 Å². The van der Waals surface area contributed by atoms with Crippen LogP contribution in [0.1, 0.15) is 51.9 Å². The molecule has 0 unspecified atom stereocenters. The zero-order valence-electron chi connectivity index (χ0n) is 15.8. The summed E-state index contributed by atoms with van der Waals surface area (Å²) < 4.78 is 0. The van der Waals surface area contributed by atoms with Crippen LogP contribution >= 0.6 is 0 Å². The summed E-state index contributed by atoms with van der Waals surface area (Å²) in [7, 11) is 4.50. The monoisotopic (exact) mass is 321 g/mol. The first-order chi connectivity index (χ1) is 11.2. The van der Waals surface area contributed by atoms with Gasteiger partial charge in [0.15, 0.2) is 0 Å². The molecule has 23 heavy (non-hydrogen) atoms. The largest absolute Gasteiger partial charge is 0.306 e. The summed E-state index contributed by atoms with van der Waals surface area (Å²) in [6, 6.07) is 0.827. The summed E-state index contributed by atoms with van der Waals surface area (Å²) in [6.45, 7) is 9.98. The molecule has 0 N–H and O–H groups in total. The molecule has 0 radical (unpaired) electrons. The van der Waals surface area contributed by atoms with E-state index in [1.165, 1.54) is 84.2 Å². The zero-order chi connectivity index (χ0) is 16.5. The Hall–Kier alpha value is -0.380. The summed E-state index contributed by atoms with van der Waals surface area (Å²) in [5.74, 6) is 0.933. The van der Waals surface area contributed by atoms with Gasteiger partial charge in [0.25, 0.3) is 0 Å². The predicted octanol–water partition coefficient (Wildman–Crippen LogP) is 3.47. The van der Waals surface area contributed by atoms with Crippen LogP contribution in [0.15, 0.2) is 12.2 Å². The molecule has 2 rings (SSSR count). The van der Waals surface area contributed by atoms with Crippen molar-refractivity contribution in [2.75, 3.05) is 53.4 Å². The van der Waals surface area contributed by atoms with Crippen LogP contribution in [0, 0.1) is 5.92 Å². The number of hydrogen-bond acceptors (Lipinski definition) is 3. The van der Waals surface area contributed by atoms with Crippen molar-refractivity contribution in [3.8, 4) is 0 Å². The third-order valence-electron chi connectivity index (χ3n) is 5.77. The third-order valence-corrected chi connectivity index (χ3v) is 5.77. The first-order valence-electron chi connectivity index (χ1n) is 9.95. The maximum Gasteiger partial charge on any atom is 0.0120 e. The maximum absolute atomic E-state index is 2.76. The highest BCUT2D eigenvalue weighted by molar-refractivity contribution is 4.88. The molecule has 2 aliphatic rings. The molecule has 3 nitrogen and oxygen atoms in total. The highest BCUT2D eigenvalue weighted by atomic mass is 15.2. The van der Waals surface area contributed by atoms with Gasteiger partial charge < -0.3 is 9.80 Å². The lowest BCUT2D eigenvalue weighted by atomic mass is 9.93. The fourth-order valence-electron chi connectivity index (χ4n) is 4.07. The second-order valence-corrected chi connectivity index (χ2v) is 7.81. The smallest absolute Gasteiger partial charge is 0.0120 e. The second kappa shape index (κ2) is 10.5. The van der Waals surface area contributed by atoms with Gasteiger partial charge in [-0.05, 0) is 97.7 Å². The lowest BCUT2D eigenvalue weighted by Crippen LogP contribution is -2.44. The van der Waals surface area contributed by atoms with E-state index in [4.69, 9.17) is 0 Å². The van der Waals surface area contributed by atoms with Gasteiger partial charge in [-0.2, -0.15) is 0 Å². The van der Waals surface area contributed by atoms with Crippen molar-refractivity contribution in [3.63, 3.8) is 0 Å². The van der Waals surface area contributed by atoms with Crippen molar-refractivity contribution in [3.05, 3.63) is 12.2 Å². The summed E-state index contributed by atoms with van der Waals surface area (Å²) in [5, 5.41) is 0. The van der Waals surface area contributed by atoms with Crippen LogP contribution in [-0.4, -0.2) is 74.1 Å². The molecule has 3 heteroatoms. The highest BCUT2D eigenvalue weighted by Gasteiger charge is 2.21. The van der Waals surface area contributed by atoms with E-state index in [0.717, 1.165) is 12.0 Å². The molecule has 134 valence electrons. The SMILES string of the molecule is CCCN(CC/C=C/CC1CCN(C)CC1)C1CCN(C)CC1. The zero-order valence-corrected chi connectivity index (χ0v) is 15.8. The molecule has 0 atom stereocenters. The van der Waals surface area contributed by atoms with Crippen LogP contribution in [0.25, 0.3) is 0 Å². The molecule has 0 aromatic heterocycles. The molecule has 2 saturated heterocycles. The van der Waals surface area contributed by atoms with Gasteiger partial charge >= 0.3 is 0 Å². The molecule has 0 aromatic rings. The summed E-state index contributed by atoms with van der Waals surface area (Å²) >= 11 is 0. The second-order valence-electron chi connectivity index (χ2n) is 7.81. The minimum Gasteiger partial charge on any atom is -0.306 e. The number of rotatable bonds is 8. The van der Waals surface area contributed by atoms with Crippen molar-refractivity contribution >= 4 is 0 Å². The summed E-state index contributed by atoms with van der Waals surface area (Å²) in [4.78, 5) is 7.69. The average Bonchev–Trinajstić information content (AvgIpc) is 2.56. The number of allylic oxidation sites excluding steroid dienone is 1. The minimum atomic E-state index is 0.827. The van der Waals surface area contributed by atoms with Crippen LogP contribution in [0.5, 0.6) is 0 Å². The van der Waals surface area contributed by atoms with Crippen molar-refractivity contribution in [2.24, 2.45) is 5.92 Å². The van der Waals surface area contributed by atoms with Gasteiger partial charge in [-0.3, -0.25) is 4.90 Å². The third kappa shape index (κ3) is 6.94.